The van der Waals surface area contributed by atoms with E-state index >= 15 is 0 Å². The molecule has 1 fully saturated rings. The predicted octanol–water partition coefficient (Wildman–Crippen LogP) is 2.83. The van der Waals surface area contributed by atoms with Crippen molar-refractivity contribution in [3.05, 3.63) is 36.0 Å². The second-order valence-electron chi connectivity index (χ2n) is 5.45. The summed E-state index contributed by atoms with van der Waals surface area (Å²) in [6.07, 6.45) is 3.60. The Bertz CT molecular complexity index is 612. The molecule has 2 heterocycles. The average Bonchev–Trinajstić information content (AvgIpc) is 3.07. The quantitative estimate of drug-likeness (QED) is 0.910. The number of carbonyl (C=O) groups is 1. The van der Waals surface area contributed by atoms with Crippen LogP contribution in [0.15, 0.2) is 30.3 Å². The highest BCUT2D eigenvalue weighted by Crippen LogP contribution is 2.20. The predicted molar refractivity (Wildman–Crippen MR) is 79.2 cm³/mol. The van der Waals surface area contributed by atoms with E-state index in [4.69, 9.17) is 0 Å². The molecule has 1 N–H and O–H groups in total. The van der Waals surface area contributed by atoms with Crippen LogP contribution < -0.4 is 0 Å². The first-order chi connectivity index (χ1) is 9.75. The number of hydrogen-bond donors (Lipinski definition) is 1. The molecular weight excluding hydrogens is 252 g/mol. The third kappa shape index (κ3) is 2.56. The number of carboxylic acids is 1. The summed E-state index contributed by atoms with van der Waals surface area (Å²) in [6.45, 7) is 4.22. The Labute approximate surface area is 118 Å². The topological polar surface area (TPSA) is 45.5 Å². The molecule has 4 nitrogen and oxygen atoms in total. The molecule has 0 unspecified atom stereocenters. The lowest BCUT2D eigenvalue weighted by atomic mass is 10.2. The highest BCUT2D eigenvalue weighted by Gasteiger charge is 2.15. The maximum absolute atomic E-state index is 11.4. The van der Waals surface area contributed by atoms with Crippen molar-refractivity contribution >= 4 is 16.9 Å². The van der Waals surface area contributed by atoms with Gasteiger partial charge < -0.3 is 14.6 Å². The van der Waals surface area contributed by atoms with Crippen molar-refractivity contribution < 1.29 is 9.90 Å². The first kappa shape index (κ1) is 13.2. The highest BCUT2D eigenvalue weighted by molar-refractivity contribution is 5.94. The molecule has 2 aromatic rings. The third-order valence-electron chi connectivity index (χ3n) is 4.08. The van der Waals surface area contributed by atoms with Crippen LogP contribution in [0.5, 0.6) is 0 Å². The van der Waals surface area contributed by atoms with E-state index in [1.54, 1.807) is 6.07 Å². The second kappa shape index (κ2) is 5.67. The highest BCUT2D eigenvalue weighted by atomic mass is 16.4. The van der Waals surface area contributed by atoms with Gasteiger partial charge in [0.2, 0.25) is 0 Å². The molecule has 1 aromatic heterocycles. The van der Waals surface area contributed by atoms with Gasteiger partial charge in [-0.25, -0.2) is 4.79 Å². The fraction of sp³-hybridized carbons (Fsp3) is 0.438. The van der Waals surface area contributed by atoms with Crippen molar-refractivity contribution in [3.63, 3.8) is 0 Å². The smallest absolute Gasteiger partial charge is 0.352 e. The standard InChI is InChI=1S/C16H20N2O2/c19-16(20)15-12-13-6-1-2-7-14(13)18(15)11-5-10-17-8-3-4-9-17/h1-2,6-7,12H,3-5,8-11H2,(H,19,20). The summed E-state index contributed by atoms with van der Waals surface area (Å²) in [6, 6.07) is 9.65. The number of likely N-dealkylation sites (tertiary alicyclic amines) is 1. The first-order valence-electron chi connectivity index (χ1n) is 7.29. The van der Waals surface area contributed by atoms with E-state index in [2.05, 4.69) is 4.90 Å². The summed E-state index contributed by atoms with van der Waals surface area (Å²) < 4.78 is 1.94. The molecule has 4 heteroatoms. The van der Waals surface area contributed by atoms with E-state index < -0.39 is 5.97 Å². The number of fused-ring (bicyclic) bond motifs is 1. The summed E-state index contributed by atoms with van der Waals surface area (Å²) in [5.74, 6) is -0.845. The number of carboxylic acid groups (broad SMARTS) is 1. The van der Waals surface area contributed by atoms with Gasteiger partial charge in [-0.1, -0.05) is 18.2 Å². The Morgan fingerprint density at radius 1 is 1.15 bits per heavy atom. The van der Waals surface area contributed by atoms with Crippen molar-refractivity contribution in [1.82, 2.24) is 9.47 Å². The third-order valence-corrected chi connectivity index (χ3v) is 4.08. The second-order valence-corrected chi connectivity index (χ2v) is 5.45. The summed E-state index contributed by atoms with van der Waals surface area (Å²) in [5, 5.41) is 10.4. The molecule has 0 saturated carbocycles. The Kier molecular flexibility index (Phi) is 3.74. The van der Waals surface area contributed by atoms with Crippen molar-refractivity contribution in [2.75, 3.05) is 19.6 Å². The molecule has 0 aliphatic carbocycles. The van der Waals surface area contributed by atoms with Crippen LogP contribution in [0.3, 0.4) is 0 Å². The molecule has 1 aliphatic heterocycles. The number of nitrogens with zero attached hydrogens (tertiary/aromatic N) is 2. The average molecular weight is 272 g/mol. The summed E-state index contributed by atoms with van der Waals surface area (Å²) in [5.41, 5.74) is 1.42. The van der Waals surface area contributed by atoms with Gasteiger partial charge >= 0.3 is 5.97 Å². The lowest BCUT2D eigenvalue weighted by Gasteiger charge is -2.15. The normalized spacial score (nSPS) is 16.0. The molecule has 0 spiro atoms. The van der Waals surface area contributed by atoms with E-state index in [0.717, 1.165) is 30.4 Å². The lowest BCUT2D eigenvalue weighted by Crippen LogP contribution is -2.22. The van der Waals surface area contributed by atoms with Crippen LogP contribution in [-0.2, 0) is 6.54 Å². The minimum atomic E-state index is -0.845. The maximum atomic E-state index is 11.4. The Morgan fingerprint density at radius 2 is 1.90 bits per heavy atom. The zero-order valence-corrected chi connectivity index (χ0v) is 11.6. The molecule has 0 amide bonds. The number of aryl methyl sites for hydroxylation is 1. The number of aromatic nitrogens is 1. The minimum absolute atomic E-state index is 0.396. The Hall–Kier alpha value is -1.81. The van der Waals surface area contributed by atoms with Crippen LogP contribution in [0.1, 0.15) is 29.8 Å². The van der Waals surface area contributed by atoms with E-state index in [1.165, 1.54) is 25.9 Å². The van der Waals surface area contributed by atoms with Crippen LogP contribution in [0, 0.1) is 0 Å². The van der Waals surface area contributed by atoms with Crippen LogP contribution in [-0.4, -0.2) is 40.2 Å². The molecule has 106 valence electrons. The van der Waals surface area contributed by atoms with Gasteiger partial charge in [-0.2, -0.15) is 0 Å². The number of benzene rings is 1. The lowest BCUT2D eigenvalue weighted by molar-refractivity contribution is 0.0685. The minimum Gasteiger partial charge on any atom is -0.477 e. The van der Waals surface area contributed by atoms with Crippen molar-refractivity contribution in [2.24, 2.45) is 0 Å². The van der Waals surface area contributed by atoms with E-state index in [0.29, 0.717) is 5.69 Å². The fourth-order valence-corrected chi connectivity index (χ4v) is 3.09. The Morgan fingerprint density at radius 3 is 2.65 bits per heavy atom. The van der Waals surface area contributed by atoms with Gasteiger partial charge in [-0.15, -0.1) is 0 Å². The molecule has 20 heavy (non-hydrogen) atoms. The van der Waals surface area contributed by atoms with E-state index in [1.807, 2.05) is 28.8 Å². The molecule has 0 atom stereocenters. The van der Waals surface area contributed by atoms with Crippen LogP contribution in [0.4, 0.5) is 0 Å². The molecule has 0 radical (unpaired) electrons. The zero-order valence-electron chi connectivity index (χ0n) is 11.6. The fourth-order valence-electron chi connectivity index (χ4n) is 3.09. The van der Waals surface area contributed by atoms with Gasteiger partial charge in [0.1, 0.15) is 5.69 Å². The maximum Gasteiger partial charge on any atom is 0.352 e. The number of hydrogen-bond acceptors (Lipinski definition) is 2. The molecule has 0 bridgehead atoms. The van der Waals surface area contributed by atoms with Gasteiger partial charge in [0.15, 0.2) is 0 Å². The number of para-hydroxylation sites is 1. The van der Waals surface area contributed by atoms with Gasteiger partial charge in [0.05, 0.1) is 0 Å². The van der Waals surface area contributed by atoms with Crippen LogP contribution in [0.25, 0.3) is 10.9 Å². The van der Waals surface area contributed by atoms with Crippen molar-refractivity contribution in [3.8, 4) is 0 Å². The van der Waals surface area contributed by atoms with Gasteiger partial charge in [-0.05, 0) is 51.0 Å². The monoisotopic (exact) mass is 272 g/mol. The summed E-state index contributed by atoms with van der Waals surface area (Å²) in [4.78, 5) is 13.8. The van der Waals surface area contributed by atoms with Gasteiger partial charge in [0, 0.05) is 17.4 Å². The van der Waals surface area contributed by atoms with Gasteiger partial charge in [0.25, 0.3) is 0 Å². The SMILES string of the molecule is O=C(O)c1cc2ccccc2n1CCCN1CCCC1. The van der Waals surface area contributed by atoms with Crippen LogP contribution in [0.2, 0.25) is 0 Å². The summed E-state index contributed by atoms with van der Waals surface area (Å²) in [7, 11) is 0. The first-order valence-corrected chi connectivity index (χ1v) is 7.29. The Balaban J connectivity index is 1.78. The molecule has 1 saturated heterocycles. The largest absolute Gasteiger partial charge is 0.477 e. The molecule has 1 aromatic carbocycles. The van der Waals surface area contributed by atoms with E-state index in [-0.39, 0.29) is 0 Å². The number of aromatic carboxylic acids is 1. The number of rotatable bonds is 5. The van der Waals surface area contributed by atoms with Crippen molar-refractivity contribution in [1.29, 1.82) is 0 Å². The van der Waals surface area contributed by atoms with Crippen molar-refractivity contribution in [2.45, 2.75) is 25.8 Å². The molecule has 1 aliphatic rings. The van der Waals surface area contributed by atoms with Crippen LogP contribution >= 0.6 is 0 Å². The zero-order chi connectivity index (χ0) is 13.9. The molecule has 3 rings (SSSR count). The van der Waals surface area contributed by atoms with E-state index in [9.17, 15) is 9.90 Å². The summed E-state index contributed by atoms with van der Waals surface area (Å²) >= 11 is 0. The molecular formula is C16H20N2O2. The van der Waals surface area contributed by atoms with Gasteiger partial charge in [-0.3, -0.25) is 0 Å².